The molecule has 2 aliphatic rings. The van der Waals surface area contributed by atoms with Crippen LogP contribution in [-0.2, 0) is 0 Å². The smallest absolute Gasteiger partial charge is 0.0309 e. The predicted molar refractivity (Wildman–Crippen MR) is 79.0 cm³/mol. The van der Waals surface area contributed by atoms with Crippen molar-refractivity contribution >= 4 is 0 Å². The molecule has 1 spiro atoms. The molecule has 18 heavy (non-hydrogen) atoms. The highest BCUT2D eigenvalue weighted by molar-refractivity contribution is 5.04. The van der Waals surface area contributed by atoms with Crippen LogP contribution in [0.15, 0.2) is 0 Å². The van der Waals surface area contributed by atoms with Gasteiger partial charge in [-0.2, -0.15) is 0 Å². The second-order valence-corrected chi connectivity index (χ2v) is 6.76. The van der Waals surface area contributed by atoms with E-state index in [2.05, 4.69) is 37.9 Å². The van der Waals surface area contributed by atoms with Crippen LogP contribution in [0.25, 0.3) is 0 Å². The summed E-state index contributed by atoms with van der Waals surface area (Å²) in [5, 5.41) is 3.90. The van der Waals surface area contributed by atoms with Gasteiger partial charge in [-0.1, -0.05) is 33.6 Å². The highest BCUT2D eigenvalue weighted by atomic mass is 15.3. The SMILES string of the molecule is CCC1CNC2(CCCC2)CN1C(C)(CC)CC. The summed E-state index contributed by atoms with van der Waals surface area (Å²) in [6.07, 6.45) is 9.46. The third kappa shape index (κ3) is 2.46. The molecule has 1 aliphatic heterocycles. The van der Waals surface area contributed by atoms with Crippen LogP contribution in [0.4, 0.5) is 0 Å². The molecule has 0 aromatic heterocycles. The molecule has 0 radical (unpaired) electrons. The van der Waals surface area contributed by atoms with Crippen molar-refractivity contribution in [3.05, 3.63) is 0 Å². The lowest BCUT2D eigenvalue weighted by molar-refractivity contribution is -0.0136. The summed E-state index contributed by atoms with van der Waals surface area (Å²) in [5.41, 5.74) is 0.857. The lowest BCUT2D eigenvalue weighted by Gasteiger charge is -2.53. The first-order valence-electron chi connectivity index (χ1n) is 8.11. The topological polar surface area (TPSA) is 15.3 Å². The van der Waals surface area contributed by atoms with E-state index < -0.39 is 0 Å². The molecule has 0 amide bonds. The maximum Gasteiger partial charge on any atom is 0.0309 e. The average Bonchev–Trinajstić information content (AvgIpc) is 2.86. The first kappa shape index (κ1) is 14.3. The molecule has 2 heteroatoms. The molecular weight excluding hydrogens is 220 g/mol. The number of nitrogens with one attached hydrogen (secondary N) is 1. The summed E-state index contributed by atoms with van der Waals surface area (Å²) in [4.78, 5) is 2.86. The zero-order valence-corrected chi connectivity index (χ0v) is 12.9. The van der Waals surface area contributed by atoms with Gasteiger partial charge in [0.15, 0.2) is 0 Å². The highest BCUT2D eigenvalue weighted by Crippen LogP contribution is 2.38. The molecule has 1 saturated carbocycles. The Morgan fingerprint density at radius 2 is 1.78 bits per heavy atom. The van der Waals surface area contributed by atoms with Crippen molar-refractivity contribution in [1.82, 2.24) is 10.2 Å². The Morgan fingerprint density at radius 3 is 2.28 bits per heavy atom. The Balaban J connectivity index is 2.17. The van der Waals surface area contributed by atoms with Gasteiger partial charge in [0.05, 0.1) is 0 Å². The van der Waals surface area contributed by atoms with Crippen LogP contribution < -0.4 is 5.32 Å². The Kier molecular flexibility index (Phi) is 4.38. The van der Waals surface area contributed by atoms with Gasteiger partial charge in [-0.25, -0.2) is 0 Å². The zero-order valence-electron chi connectivity index (χ0n) is 12.9. The third-order valence-electron chi connectivity index (χ3n) is 5.88. The Morgan fingerprint density at radius 1 is 1.17 bits per heavy atom. The fourth-order valence-electron chi connectivity index (χ4n) is 3.99. The van der Waals surface area contributed by atoms with Gasteiger partial charge in [-0.05, 0) is 39.0 Å². The second-order valence-electron chi connectivity index (χ2n) is 6.76. The van der Waals surface area contributed by atoms with Crippen molar-refractivity contribution in [3.8, 4) is 0 Å². The Labute approximate surface area is 114 Å². The van der Waals surface area contributed by atoms with Crippen molar-refractivity contribution in [2.24, 2.45) is 0 Å². The van der Waals surface area contributed by atoms with Gasteiger partial charge in [0.1, 0.15) is 0 Å². The average molecular weight is 252 g/mol. The van der Waals surface area contributed by atoms with E-state index in [1.165, 1.54) is 58.0 Å². The summed E-state index contributed by atoms with van der Waals surface area (Å²) in [6, 6.07) is 0.737. The van der Waals surface area contributed by atoms with Gasteiger partial charge in [0, 0.05) is 30.2 Å². The molecule has 1 heterocycles. The van der Waals surface area contributed by atoms with Gasteiger partial charge in [0.2, 0.25) is 0 Å². The van der Waals surface area contributed by atoms with E-state index in [-0.39, 0.29) is 0 Å². The molecular formula is C16H32N2. The Bertz CT molecular complexity index is 264. The van der Waals surface area contributed by atoms with Crippen molar-refractivity contribution in [2.75, 3.05) is 13.1 Å². The minimum atomic E-state index is 0.401. The molecule has 1 aliphatic carbocycles. The molecule has 0 bridgehead atoms. The van der Waals surface area contributed by atoms with Gasteiger partial charge in [0.25, 0.3) is 0 Å². The first-order valence-corrected chi connectivity index (χ1v) is 8.11. The maximum absolute atomic E-state index is 3.90. The number of piperazine rings is 1. The van der Waals surface area contributed by atoms with Crippen LogP contribution in [0.3, 0.4) is 0 Å². The molecule has 0 aromatic carbocycles. The maximum atomic E-state index is 3.90. The molecule has 2 nitrogen and oxygen atoms in total. The molecule has 106 valence electrons. The van der Waals surface area contributed by atoms with Gasteiger partial charge in [-0.15, -0.1) is 0 Å². The number of rotatable bonds is 4. The lowest BCUT2D eigenvalue weighted by Crippen LogP contribution is -2.67. The van der Waals surface area contributed by atoms with E-state index in [1.54, 1.807) is 0 Å². The van der Waals surface area contributed by atoms with E-state index in [4.69, 9.17) is 0 Å². The first-order chi connectivity index (χ1) is 8.59. The molecule has 2 fully saturated rings. The monoisotopic (exact) mass is 252 g/mol. The van der Waals surface area contributed by atoms with Crippen molar-refractivity contribution in [2.45, 2.75) is 89.8 Å². The van der Waals surface area contributed by atoms with Crippen LogP contribution in [0.2, 0.25) is 0 Å². The van der Waals surface area contributed by atoms with Crippen LogP contribution in [0.5, 0.6) is 0 Å². The summed E-state index contributed by atoms with van der Waals surface area (Å²) >= 11 is 0. The molecule has 1 unspecified atom stereocenters. The normalized spacial score (nSPS) is 29.0. The van der Waals surface area contributed by atoms with Gasteiger partial charge < -0.3 is 5.32 Å². The van der Waals surface area contributed by atoms with Gasteiger partial charge in [-0.3, -0.25) is 4.90 Å². The van der Waals surface area contributed by atoms with E-state index in [9.17, 15) is 0 Å². The molecule has 1 atom stereocenters. The molecule has 1 N–H and O–H groups in total. The summed E-state index contributed by atoms with van der Waals surface area (Å²) in [5.74, 6) is 0. The second kappa shape index (κ2) is 5.50. The van der Waals surface area contributed by atoms with Crippen molar-refractivity contribution in [1.29, 1.82) is 0 Å². The quantitative estimate of drug-likeness (QED) is 0.823. The van der Waals surface area contributed by atoms with Crippen LogP contribution >= 0.6 is 0 Å². The van der Waals surface area contributed by atoms with E-state index in [0.29, 0.717) is 11.1 Å². The predicted octanol–water partition coefficient (Wildman–Crippen LogP) is 3.56. The van der Waals surface area contributed by atoms with Crippen molar-refractivity contribution < 1.29 is 0 Å². The standard InChI is InChI=1S/C16H32N2/c1-5-14-12-17-16(10-8-9-11-16)13-18(14)15(4,6-2)7-3/h14,17H,5-13H2,1-4H3. The molecule has 2 rings (SSSR count). The van der Waals surface area contributed by atoms with E-state index in [0.717, 1.165) is 6.04 Å². The third-order valence-corrected chi connectivity index (χ3v) is 5.88. The minimum absolute atomic E-state index is 0.401. The fraction of sp³-hybridized carbons (Fsp3) is 1.00. The summed E-state index contributed by atoms with van der Waals surface area (Å²) in [6.45, 7) is 12.0. The highest BCUT2D eigenvalue weighted by Gasteiger charge is 2.45. The van der Waals surface area contributed by atoms with Crippen LogP contribution in [0.1, 0.15) is 72.6 Å². The number of nitrogens with zero attached hydrogens (tertiary/aromatic N) is 1. The fourth-order valence-corrected chi connectivity index (χ4v) is 3.99. The minimum Gasteiger partial charge on any atom is -0.308 e. The zero-order chi connectivity index (χ0) is 13.2. The molecule has 1 saturated heterocycles. The van der Waals surface area contributed by atoms with E-state index >= 15 is 0 Å². The van der Waals surface area contributed by atoms with Gasteiger partial charge >= 0.3 is 0 Å². The largest absolute Gasteiger partial charge is 0.308 e. The molecule has 0 aromatic rings. The summed E-state index contributed by atoms with van der Waals surface area (Å²) in [7, 11) is 0. The number of hydrogen-bond donors (Lipinski definition) is 1. The van der Waals surface area contributed by atoms with E-state index in [1.807, 2.05) is 0 Å². The lowest BCUT2D eigenvalue weighted by atomic mass is 9.84. The Hall–Kier alpha value is -0.0800. The summed E-state index contributed by atoms with van der Waals surface area (Å²) < 4.78 is 0. The van der Waals surface area contributed by atoms with Crippen LogP contribution in [0, 0.1) is 0 Å². The van der Waals surface area contributed by atoms with Crippen LogP contribution in [-0.4, -0.2) is 35.1 Å². The number of hydrogen-bond acceptors (Lipinski definition) is 2. The van der Waals surface area contributed by atoms with Crippen molar-refractivity contribution in [3.63, 3.8) is 0 Å².